The van der Waals surface area contributed by atoms with Crippen LogP contribution >= 0.6 is 0 Å². The van der Waals surface area contributed by atoms with Gasteiger partial charge in [0.05, 0.1) is 15.9 Å². The number of benzene rings is 3. The van der Waals surface area contributed by atoms with E-state index in [0.717, 1.165) is 39.7 Å². The number of nitro groups is 1. The third-order valence-corrected chi connectivity index (χ3v) is 7.24. The van der Waals surface area contributed by atoms with Crippen LogP contribution in [0.15, 0.2) is 83.8 Å². The number of fused-ring (bicyclic) bond motifs is 1. The summed E-state index contributed by atoms with van der Waals surface area (Å²) in [5.41, 5.74) is 2.51. The molecule has 0 unspecified atom stereocenters. The zero-order valence-electron chi connectivity index (χ0n) is 17.2. The van der Waals surface area contributed by atoms with Crippen LogP contribution in [0.2, 0.25) is 0 Å². The van der Waals surface area contributed by atoms with E-state index in [2.05, 4.69) is 0 Å². The van der Waals surface area contributed by atoms with Crippen molar-refractivity contribution in [2.75, 3.05) is 0 Å². The van der Waals surface area contributed by atoms with Gasteiger partial charge in [-0.05, 0) is 42.2 Å². The van der Waals surface area contributed by atoms with E-state index in [1.165, 1.54) is 0 Å². The van der Waals surface area contributed by atoms with E-state index < -0.39 is 26.9 Å². The average molecular weight is 449 g/mol. The van der Waals surface area contributed by atoms with Crippen molar-refractivity contribution in [1.82, 2.24) is 4.31 Å². The van der Waals surface area contributed by atoms with Gasteiger partial charge in [0.2, 0.25) is 0 Å². The van der Waals surface area contributed by atoms with Crippen LogP contribution in [-0.4, -0.2) is 29.6 Å². The number of amides is 1. The van der Waals surface area contributed by atoms with E-state index >= 15 is 0 Å². The molecule has 0 radical (unpaired) electrons. The number of sulfonamides is 1. The molecule has 32 heavy (non-hydrogen) atoms. The second-order valence-electron chi connectivity index (χ2n) is 7.51. The molecule has 8 heteroatoms. The Bertz CT molecular complexity index is 1320. The lowest BCUT2D eigenvalue weighted by Gasteiger charge is -2.35. The molecule has 162 valence electrons. The topological polar surface area (TPSA) is 97.6 Å². The minimum absolute atomic E-state index is 0.174. The van der Waals surface area contributed by atoms with Crippen molar-refractivity contribution >= 4 is 27.7 Å². The summed E-state index contributed by atoms with van der Waals surface area (Å²) in [6.45, 7) is 1.77. The van der Waals surface area contributed by atoms with Gasteiger partial charge in [-0.1, -0.05) is 60.7 Å². The van der Waals surface area contributed by atoms with Crippen LogP contribution in [0.3, 0.4) is 0 Å². The maximum atomic E-state index is 13.5. The number of hydrogen-bond donors (Lipinski definition) is 0. The molecule has 0 aromatic heterocycles. The number of hydrogen-bond acceptors (Lipinski definition) is 5. The van der Waals surface area contributed by atoms with E-state index in [4.69, 9.17) is 0 Å². The molecular formula is C24H20N2O5S. The third-order valence-electron chi connectivity index (χ3n) is 5.42. The first kappa shape index (κ1) is 21.5. The summed E-state index contributed by atoms with van der Waals surface area (Å²) in [5, 5.41) is 10.9. The monoisotopic (exact) mass is 448 g/mol. The van der Waals surface area contributed by atoms with E-state index in [-0.39, 0.29) is 10.6 Å². The Balaban J connectivity index is 1.81. The third kappa shape index (κ3) is 3.92. The molecule has 1 amide bonds. The Labute approximate surface area is 185 Å². The summed E-state index contributed by atoms with van der Waals surface area (Å²) in [7, 11) is -4.26. The van der Waals surface area contributed by atoms with Gasteiger partial charge in [-0.15, -0.1) is 0 Å². The Morgan fingerprint density at radius 2 is 1.69 bits per heavy atom. The Morgan fingerprint density at radius 1 is 1.00 bits per heavy atom. The second-order valence-corrected chi connectivity index (χ2v) is 9.32. The summed E-state index contributed by atoms with van der Waals surface area (Å²) in [5.74, 6) is -0.606. The molecule has 1 atom stereocenters. The summed E-state index contributed by atoms with van der Waals surface area (Å²) < 4.78 is 27.9. The van der Waals surface area contributed by atoms with Crippen molar-refractivity contribution in [2.45, 2.75) is 24.3 Å². The fourth-order valence-corrected chi connectivity index (χ4v) is 5.37. The van der Waals surface area contributed by atoms with Crippen LogP contribution in [0.5, 0.6) is 0 Å². The molecule has 0 saturated carbocycles. The van der Waals surface area contributed by atoms with E-state index in [9.17, 15) is 23.3 Å². The highest BCUT2D eigenvalue weighted by Gasteiger charge is 2.40. The first-order chi connectivity index (χ1) is 15.3. The van der Waals surface area contributed by atoms with Gasteiger partial charge in [0.15, 0.2) is 0 Å². The molecule has 0 spiro atoms. The van der Waals surface area contributed by atoms with Crippen LogP contribution in [-0.2, 0) is 16.4 Å². The number of carbonyl (C=O) groups excluding carboxylic acids is 1. The Kier molecular flexibility index (Phi) is 5.63. The number of aryl methyl sites for hydroxylation is 1. The zero-order valence-corrected chi connectivity index (χ0v) is 18.0. The predicted octanol–water partition coefficient (Wildman–Crippen LogP) is 4.37. The normalized spacial score (nSPS) is 16.2. The van der Waals surface area contributed by atoms with Gasteiger partial charge in [0.25, 0.3) is 21.6 Å². The van der Waals surface area contributed by atoms with Crippen LogP contribution in [0, 0.1) is 17.0 Å². The first-order valence-electron chi connectivity index (χ1n) is 9.94. The van der Waals surface area contributed by atoms with E-state index in [0.29, 0.717) is 17.5 Å². The van der Waals surface area contributed by atoms with Gasteiger partial charge in [0, 0.05) is 17.7 Å². The van der Waals surface area contributed by atoms with Crippen molar-refractivity contribution in [3.8, 4) is 0 Å². The Hall–Kier alpha value is -3.78. The zero-order chi connectivity index (χ0) is 22.9. The number of non-ortho nitro benzene ring substituents is 1. The van der Waals surface area contributed by atoms with Crippen molar-refractivity contribution in [3.63, 3.8) is 0 Å². The van der Waals surface area contributed by atoms with Gasteiger partial charge in [-0.3, -0.25) is 14.9 Å². The van der Waals surface area contributed by atoms with Gasteiger partial charge >= 0.3 is 0 Å². The van der Waals surface area contributed by atoms with Crippen LogP contribution in [0.25, 0.3) is 6.08 Å². The standard InChI is InChI=1S/C24H20N2O5S/c1-17-6-5-9-19-16-21(11-10-18-7-3-2-4-8-18)25(24(27)23(17)19)32(30,31)22-14-12-20(13-15-22)26(28)29/h2-15,21H,16H2,1H3/b11-10+/t21-/m1/s1. The van der Waals surface area contributed by atoms with Crippen molar-refractivity contribution < 1.29 is 18.1 Å². The maximum absolute atomic E-state index is 13.5. The molecule has 7 nitrogen and oxygen atoms in total. The van der Waals surface area contributed by atoms with Gasteiger partial charge in [0.1, 0.15) is 0 Å². The minimum atomic E-state index is -4.26. The lowest BCUT2D eigenvalue weighted by atomic mass is 9.91. The average Bonchev–Trinajstić information content (AvgIpc) is 2.78. The smallest absolute Gasteiger partial charge is 0.268 e. The molecule has 0 N–H and O–H groups in total. The second kappa shape index (κ2) is 8.39. The number of carbonyl (C=O) groups is 1. The van der Waals surface area contributed by atoms with Crippen LogP contribution < -0.4 is 0 Å². The van der Waals surface area contributed by atoms with Gasteiger partial charge in [-0.25, -0.2) is 12.7 Å². The van der Waals surface area contributed by atoms with E-state index in [1.807, 2.05) is 42.5 Å². The van der Waals surface area contributed by atoms with Crippen molar-refractivity contribution in [1.29, 1.82) is 0 Å². The van der Waals surface area contributed by atoms with Gasteiger partial charge in [-0.2, -0.15) is 0 Å². The molecule has 3 aromatic carbocycles. The molecule has 0 aliphatic carbocycles. The van der Waals surface area contributed by atoms with Crippen LogP contribution in [0.1, 0.15) is 27.0 Å². The van der Waals surface area contributed by atoms with Crippen LogP contribution in [0.4, 0.5) is 5.69 Å². The number of nitrogens with zero attached hydrogens (tertiary/aromatic N) is 2. The summed E-state index contributed by atoms with van der Waals surface area (Å²) in [4.78, 5) is 23.6. The number of nitro benzene ring substituents is 1. The lowest BCUT2D eigenvalue weighted by molar-refractivity contribution is -0.384. The number of rotatable bonds is 5. The summed E-state index contributed by atoms with van der Waals surface area (Å²) >= 11 is 0. The molecule has 4 rings (SSSR count). The molecular weight excluding hydrogens is 428 g/mol. The van der Waals surface area contributed by atoms with Crippen molar-refractivity contribution in [2.24, 2.45) is 0 Å². The highest BCUT2D eigenvalue weighted by Crippen LogP contribution is 2.32. The quantitative estimate of drug-likeness (QED) is 0.426. The fourth-order valence-electron chi connectivity index (χ4n) is 3.85. The highest BCUT2D eigenvalue weighted by atomic mass is 32.2. The van der Waals surface area contributed by atoms with Gasteiger partial charge < -0.3 is 0 Å². The van der Waals surface area contributed by atoms with E-state index in [1.54, 1.807) is 25.1 Å². The minimum Gasteiger partial charge on any atom is -0.268 e. The fraction of sp³-hybridized carbons (Fsp3) is 0.125. The molecule has 1 aliphatic heterocycles. The van der Waals surface area contributed by atoms with Crippen molar-refractivity contribution in [3.05, 3.63) is 111 Å². The predicted molar refractivity (Wildman–Crippen MR) is 121 cm³/mol. The first-order valence-corrected chi connectivity index (χ1v) is 11.4. The summed E-state index contributed by atoms with van der Waals surface area (Å²) in [6.07, 6.45) is 3.83. The SMILES string of the molecule is Cc1cccc2c1C(=O)N(S(=O)(=O)c1ccc([N+](=O)[O-])cc1)[C@H](/C=C/c1ccccc1)C2. The summed E-state index contributed by atoms with van der Waals surface area (Å²) in [6, 6.07) is 18.7. The maximum Gasteiger partial charge on any atom is 0.269 e. The molecule has 0 bridgehead atoms. The highest BCUT2D eigenvalue weighted by molar-refractivity contribution is 7.89. The molecule has 3 aromatic rings. The molecule has 1 heterocycles. The molecule has 0 fully saturated rings. The largest absolute Gasteiger partial charge is 0.269 e. The Morgan fingerprint density at radius 3 is 2.34 bits per heavy atom. The molecule has 1 aliphatic rings. The lowest BCUT2D eigenvalue weighted by Crippen LogP contribution is -2.48. The molecule has 0 saturated heterocycles.